The van der Waals surface area contributed by atoms with Crippen LogP contribution in [0.4, 0.5) is 0 Å². The van der Waals surface area contributed by atoms with Crippen molar-refractivity contribution >= 4 is 28.3 Å². The average Bonchev–Trinajstić information content (AvgIpc) is 3.49. The summed E-state index contributed by atoms with van der Waals surface area (Å²) in [6, 6.07) is 22.2. The molecule has 3 heterocycles. The molecule has 5 rings (SSSR count). The molecular weight excluding hydrogens is 406 g/mol. The fourth-order valence-electron chi connectivity index (χ4n) is 3.86. The van der Waals surface area contributed by atoms with Gasteiger partial charge in [-0.25, -0.2) is 4.98 Å². The molecule has 152 valence electrons. The van der Waals surface area contributed by atoms with Crippen LogP contribution in [-0.4, -0.2) is 21.0 Å². The van der Waals surface area contributed by atoms with Gasteiger partial charge in [-0.3, -0.25) is 4.79 Å². The SMILES string of the molecule is NC(=O)C(O)(c1ccccc1)c1cccc(-c2c[nH]c3ncc(-c4cccs4)cc23)c1. The topological polar surface area (TPSA) is 92.0 Å². The van der Waals surface area contributed by atoms with E-state index in [0.717, 1.165) is 32.6 Å². The molecule has 31 heavy (non-hydrogen) atoms. The van der Waals surface area contributed by atoms with Crippen LogP contribution in [0.5, 0.6) is 0 Å². The number of aliphatic hydroxyl groups is 1. The minimum atomic E-state index is -1.93. The van der Waals surface area contributed by atoms with Gasteiger partial charge in [0.15, 0.2) is 5.60 Å². The van der Waals surface area contributed by atoms with Gasteiger partial charge >= 0.3 is 0 Å². The van der Waals surface area contributed by atoms with E-state index in [1.807, 2.05) is 42.0 Å². The van der Waals surface area contributed by atoms with Gasteiger partial charge in [0.1, 0.15) is 5.65 Å². The van der Waals surface area contributed by atoms with E-state index in [4.69, 9.17) is 5.73 Å². The molecule has 0 aliphatic rings. The molecule has 2 aromatic carbocycles. The van der Waals surface area contributed by atoms with E-state index in [1.54, 1.807) is 47.7 Å². The van der Waals surface area contributed by atoms with E-state index >= 15 is 0 Å². The van der Waals surface area contributed by atoms with Gasteiger partial charge in [0.05, 0.1) is 0 Å². The molecule has 0 saturated carbocycles. The molecule has 5 aromatic rings. The third-order valence-electron chi connectivity index (χ3n) is 5.48. The van der Waals surface area contributed by atoms with Gasteiger partial charge in [-0.15, -0.1) is 11.3 Å². The highest BCUT2D eigenvalue weighted by Crippen LogP contribution is 2.36. The van der Waals surface area contributed by atoms with E-state index in [-0.39, 0.29) is 0 Å². The molecule has 0 radical (unpaired) electrons. The minimum Gasteiger partial charge on any atom is -0.372 e. The van der Waals surface area contributed by atoms with Gasteiger partial charge in [-0.2, -0.15) is 0 Å². The summed E-state index contributed by atoms with van der Waals surface area (Å²) >= 11 is 1.66. The lowest BCUT2D eigenvalue weighted by Gasteiger charge is -2.26. The number of pyridine rings is 1. The van der Waals surface area contributed by atoms with Crippen molar-refractivity contribution in [3.63, 3.8) is 0 Å². The van der Waals surface area contributed by atoms with Crippen LogP contribution in [0.3, 0.4) is 0 Å². The highest BCUT2D eigenvalue weighted by atomic mass is 32.1. The molecule has 0 aliphatic carbocycles. The fourth-order valence-corrected chi connectivity index (χ4v) is 4.57. The first kappa shape index (κ1) is 19.2. The quantitative estimate of drug-likeness (QED) is 0.382. The van der Waals surface area contributed by atoms with E-state index in [2.05, 4.69) is 22.1 Å². The zero-order valence-electron chi connectivity index (χ0n) is 16.4. The zero-order chi connectivity index (χ0) is 21.4. The smallest absolute Gasteiger partial charge is 0.258 e. The Labute approximate surface area is 182 Å². The number of thiophene rings is 1. The van der Waals surface area contributed by atoms with Crippen LogP contribution in [0.1, 0.15) is 11.1 Å². The number of nitrogens with one attached hydrogen (secondary N) is 1. The van der Waals surface area contributed by atoms with Gasteiger partial charge in [0.2, 0.25) is 0 Å². The summed E-state index contributed by atoms with van der Waals surface area (Å²) in [6.45, 7) is 0. The second kappa shape index (κ2) is 7.50. The molecule has 0 fully saturated rings. The molecule has 1 unspecified atom stereocenters. The largest absolute Gasteiger partial charge is 0.372 e. The number of carbonyl (C=O) groups is 1. The Morgan fingerprint density at radius 1 is 0.968 bits per heavy atom. The van der Waals surface area contributed by atoms with Gasteiger partial charge in [-0.05, 0) is 40.3 Å². The summed E-state index contributed by atoms with van der Waals surface area (Å²) in [5.41, 5.74) is 8.18. The highest BCUT2D eigenvalue weighted by molar-refractivity contribution is 7.13. The second-order valence-corrected chi connectivity index (χ2v) is 8.27. The van der Waals surface area contributed by atoms with Crippen molar-refractivity contribution in [2.75, 3.05) is 0 Å². The van der Waals surface area contributed by atoms with E-state index in [1.165, 1.54) is 0 Å². The first-order valence-corrected chi connectivity index (χ1v) is 10.6. The molecular formula is C25H19N3O2S. The van der Waals surface area contributed by atoms with Crippen molar-refractivity contribution in [1.82, 2.24) is 9.97 Å². The lowest BCUT2D eigenvalue weighted by molar-refractivity contribution is -0.133. The predicted molar refractivity (Wildman–Crippen MR) is 123 cm³/mol. The summed E-state index contributed by atoms with van der Waals surface area (Å²) in [7, 11) is 0. The van der Waals surface area contributed by atoms with Crippen LogP contribution >= 0.6 is 11.3 Å². The molecule has 0 aliphatic heterocycles. The summed E-state index contributed by atoms with van der Waals surface area (Å²) in [6.07, 6.45) is 3.74. The Kier molecular flexibility index (Phi) is 4.66. The maximum Gasteiger partial charge on any atom is 0.258 e. The van der Waals surface area contributed by atoms with Crippen LogP contribution < -0.4 is 5.73 Å². The third kappa shape index (κ3) is 3.22. The second-order valence-electron chi connectivity index (χ2n) is 7.32. The minimum absolute atomic E-state index is 0.417. The van der Waals surface area contributed by atoms with Crippen molar-refractivity contribution < 1.29 is 9.90 Å². The van der Waals surface area contributed by atoms with Gasteiger partial charge in [0.25, 0.3) is 5.91 Å². The molecule has 1 amide bonds. The summed E-state index contributed by atoms with van der Waals surface area (Å²) in [4.78, 5) is 21.3. The van der Waals surface area contributed by atoms with Crippen molar-refractivity contribution in [3.8, 4) is 21.6 Å². The van der Waals surface area contributed by atoms with Crippen molar-refractivity contribution in [2.24, 2.45) is 5.73 Å². The number of H-pyrrole nitrogens is 1. The van der Waals surface area contributed by atoms with Crippen LogP contribution in [0, 0.1) is 0 Å². The van der Waals surface area contributed by atoms with Gasteiger partial charge in [0, 0.05) is 33.8 Å². The van der Waals surface area contributed by atoms with Gasteiger partial charge in [-0.1, -0.05) is 54.6 Å². The van der Waals surface area contributed by atoms with Crippen LogP contribution in [0.15, 0.2) is 90.6 Å². The lowest BCUT2D eigenvalue weighted by atomic mass is 9.84. The van der Waals surface area contributed by atoms with Crippen LogP contribution in [0.2, 0.25) is 0 Å². The number of aromatic nitrogens is 2. The maximum atomic E-state index is 12.4. The van der Waals surface area contributed by atoms with Crippen molar-refractivity contribution in [1.29, 1.82) is 0 Å². The van der Waals surface area contributed by atoms with E-state index < -0.39 is 11.5 Å². The summed E-state index contributed by atoms with van der Waals surface area (Å²) < 4.78 is 0. The van der Waals surface area contributed by atoms with E-state index in [9.17, 15) is 9.90 Å². The Hall–Kier alpha value is -3.74. The van der Waals surface area contributed by atoms with E-state index in [0.29, 0.717) is 11.1 Å². The van der Waals surface area contributed by atoms with Crippen molar-refractivity contribution in [3.05, 3.63) is 102 Å². The number of rotatable bonds is 5. The molecule has 0 bridgehead atoms. The number of amides is 1. The molecule has 3 aromatic heterocycles. The van der Waals surface area contributed by atoms with Gasteiger partial charge < -0.3 is 15.8 Å². The molecule has 6 heteroatoms. The number of nitrogens with two attached hydrogens (primary N) is 1. The number of primary amides is 1. The number of hydrogen-bond acceptors (Lipinski definition) is 4. The standard InChI is InChI=1S/C25H19N3O2S/c26-24(29)25(30,18-7-2-1-3-8-18)19-9-4-6-16(12-19)21-15-28-23-20(21)13-17(14-27-23)22-10-5-11-31-22/h1-15,30H,(H2,26,29)(H,27,28). The fraction of sp³-hybridized carbons (Fsp3) is 0.0400. The zero-order valence-corrected chi connectivity index (χ0v) is 17.3. The number of fused-ring (bicyclic) bond motifs is 1. The Morgan fingerprint density at radius 3 is 2.52 bits per heavy atom. The number of carbonyl (C=O) groups excluding carboxylic acids is 1. The lowest BCUT2D eigenvalue weighted by Crippen LogP contribution is -2.42. The number of aromatic amines is 1. The van der Waals surface area contributed by atoms with Crippen molar-refractivity contribution in [2.45, 2.75) is 5.60 Å². The highest BCUT2D eigenvalue weighted by Gasteiger charge is 2.38. The van der Waals surface area contributed by atoms with Crippen LogP contribution in [-0.2, 0) is 10.4 Å². The Bertz CT molecular complexity index is 1380. The molecule has 1 atom stereocenters. The first-order chi connectivity index (χ1) is 15.1. The monoisotopic (exact) mass is 425 g/mol. The molecule has 5 nitrogen and oxygen atoms in total. The first-order valence-electron chi connectivity index (χ1n) is 9.77. The average molecular weight is 426 g/mol. The number of hydrogen-bond donors (Lipinski definition) is 3. The normalized spacial score (nSPS) is 13.2. The predicted octanol–water partition coefficient (Wildman–Crippen LogP) is 4.68. The Balaban J connectivity index is 1.65. The number of benzene rings is 2. The third-order valence-corrected chi connectivity index (χ3v) is 6.40. The summed E-state index contributed by atoms with van der Waals surface area (Å²) in [5, 5.41) is 14.3. The molecule has 0 spiro atoms. The Morgan fingerprint density at radius 2 is 1.77 bits per heavy atom. The maximum absolute atomic E-state index is 12.4. The summed E-state index contributed by atoms with van der Waals surface area (Å²) in [5.74, 6) is -0.823. The number of nitrogens with zero attached hydrogens (tertiary/aromatic N) is 1. The molecule has 0 saturated heterocycles. The van der Waals surface area contributed by atoms with Crippen LogP contribution in [0.25, 0.3) is 32.6 Å². The molecule has 4 N–H and O–H groups in total.